The third kappa shape index (κ3) is 72.1. The van der Waals surface area contributed by atoms with Crippen LogP contribution in [0.25, 0.3) is 0 Å². The smallest absolute Gasteiger partial charge is 0.462 e. The van der Waals surface area contributed by atoms with Gasteiger partial charge in [0.1, 0.15) is 19.3 Å². The van der Waals surface area contributed by atoms with Gasteiger partial charge in [0.2, 0.25) is 0 Å². The van der Waals surface area contributed by atoms with Crippen LogP contribution in [0.3, 0.4) is 0 Å². The summed E-state index contributed by atoms with van der Waals surface area (Å²) in [5.74, 6) is -2.24. The summed E-state index contributed by atoms with van der Waals surface area (Å²) in [6.45, 7) is 4.59. The summed E-state index contributed by atoms with van der Waals surface area (Å²) in [5.41, 5.74) is 0. The molecule has 17 nitrogen and oxygen atoms in total. The van der Waals surface area contributed by atoms with Crippen molar-refractivity contribution in [3.05, 3.63) is 109 Å². The van der Waals surface area contributed by atoms with Crippen molar-refractivity contribution < 1.29 is 80.2 Å². The molecule has 0 aromatic rings. The number of phosphoric ester groups is 2. The highest BCUT2D eigenvalue weighted by atomic mass is 31.2. The maximum Gasteiger partial charge on any atom is 0.472 e. The van der Waals surface area contributed by atoms with E-state index in [1.54, 1.807) is 0 Å². The molecule has 0 aromatic heterocycles. The third-order valence-electron chi connectivity index (χ3n) is 16.3. The van der Waals surface area contributed by atoms with Crippen molar-refractivity contribution in [2.45, 2.75) is 341 Å². The Morgan fingerprint density at radius 3 is 0.820 bits per heavy atom. The maximum atomic E-state index is 13.1. The Balaban J connectivity index is 5.38. The lowest BCUT2D eigenvalue weighted by molar-refractivity contribution is -0.161. The first-order chi connectivity index (χ1) is 48.7. The summed E-state index contributed by atoms with van der Waals surface area (Å²) in [5, 5.41) is 10.6. The lowest BCUT2D eigenvalue weighted by Gasteiger charge is -2.21. The van der Waals surface area contributed by atoms with Gasteiger partial charge < -0.3 is 33.8 Å². The maximum absolute atomic E-state index is 13.1. The van der Waals surface area contributed by atoms with E-state index in [1.807, 2.05) is 0 Å². The molecule has 0 saturated carbocycles. The third-order valence-corrected chi connectivity index (χ3v) is 18.2. The van der Waals surface area contributed by atoms with E-state index in [4.69, 9.17) is 37.0 Å². The second-order valence-electron chi connectivity index (χ2n) is 25.9. The monoisotopic (exact) mass is 1450 g/mol. The Labute approximate surface area is 607 Å². The van der Waals surface area contributed by atoms with E-state index in [2.05, 4.69) is 137 Å². The van der Waals surface area contributed by atoms with Crippen LogP contribution in [0, 0.1) is 0 Å². The lowest BCUT2D eigenvalue weighted by Crippen LogP contribution is -2.30. The zero-order valence-electron chi connectivity index (χ0n) is 62.8. The van der Waals surface area contributed by atoms with Crippen molar-refractivity contribution in [3.63, 3.8) is 0 Å². The van der Waals surface area contributed by atoms with Gasteiger partial charge in [-0.1, -0.05) is 298 Å². The number of unbranched alkanes of at least 4 members (excludes halogenated alkanes) is 29. The van der Waals surface area contributed by atoms with E-state index >= 15 is 0 Å². The fraction of sp³-hybridized carbons (Fsp3) is 0.728. The van der Waals surface area contributed by atoms with Crippen LogP contribution in [-0.2, 0) is 65.4 Å². The molecular formula is C81H140O17P2. The summed E-state index contributed by atoms with van der Waals surface area (Å²) in [6.07, 6.45) is 77.9. The molecule has 0 heterocycles. The van der Waals surface area contributed by atoms with Crippen LogP contribution < -0.4 is 0 Å². The van der Waals surface area contributed by atoms with Crippen molar-refractivity contribution in [1.82, 2.24) is 0 Å². The van der Waals surface area contributed by atoms with Crippen LogP contribution >= 0.6 is 15.6 Å². The standard InChI is InChI=1S/C81H140O17P2/c1-5-9-13-17-21-25-29-33-35-36-37-38-40-44-46-50-54-58-62-66-79(84)92-72-77(98-81(86)68-64-60-56-52-48-42-32-28-24-20-16-12-8-4)74-96-100(89,90)94-70-75(82)69-93-99(87,88)95-73-76(97-80(85)67-63-59-55-51-47-41-31-27-23-19-15-11-7-3)71-91-78(83)65-61-57-53-49-45-43-39-34-30-26-22-18-14-10-6-2/h9-10,13-14,21-22,25-26,33-35,37-39,44-46,49,75-77,82H,5-8,11-12,15-20,23-24,27-32,36,40-43,47-48,50-74H2,1-4H3,(H,87,88)(H,89,90)/b13-9-,14-10-,25-21-,26-22-,35-33-,38-37-,39-34-,46-44-,49-45-. The van der Waals surface area contributed by atoms with Gasteiger partial charge in [0.05, 0.1) is 26.4 Å². The summed E-state index contributed by atoms with van der Waals surface area (Å²) < 4.78 is 68.5. The molecule has 0 rings (SSSR count). The number of rotatable bonds is 73. The highest BCUT2D eigenvalue weighted by Gasteiger charge is 2.30. The van der Waals surface area contributed by atoms with Gasteiger partial charge in [-0.3, -0.25) is 37.3 Å². The van der Waals surface area contributed by atoms with Crippen LogP contribution in [-0.4, -0.2) is 96.7 Å². The number of hydrogen-bond donors (Lipinski definition) is 3. The van der Waals surface area contributed by atoms with E-state index in [1.165, 1.54) is 103 Å². The van der Waals surface area contributed by atoms with Gasteiger partial charge in [-0.25, -0.2) is 9.13 Å². The van der Waals surface area contributed by atoms with Crippen LogP contribution in [0.1, 0.15) is 323 Å². The molecule has 0 aliphatic carbocycles. The number of hydrogen-bond acceptors (Lipinski definition) is 15. The van der Waals surface area contributed by atoms with Gasteiger partial charge in [-0.2, -0.15) is 0 Å². The topological polar surface area (TPSA) is 237 Å². The summed E-state index contributed by atoms with van der Waals surface area (Å²) >= 11 is 0. The number of ether oxygens (including phenoxy) is 4. The Kier molecular flexibility index (Phi) is 69.9. The number of carbonyl (C=O) groups is 4. The molecule has 0 aliphatic rings. The minimum absolute atomic E-state index is 0.0878. The van der Waals surface area contributed by atoms with Gasteiger partial charge in [-0.15, -0.1) is 0 Å². The molecule has 0 fully saturated rings. The van der Waals surface area contributed by atoms with Gasteiger partial charge in [-0.05, 0) is 109 Å². The quantitative estimate of drug-likeness (QED) is 0.0169. The zero-order chi connectivity index (χ0) is 73.2. The van der Waals surface area contributed by atoms with Crippen molar-refractivity contribution in [2.75, 3.05) is 39.6 Å². The van der Waals surface area contributed by atoms with Crippen LogP contribution in [0.2, 0.25) is 0 Å². The van der Waals surface area contributed by atoms with E-state index in [0.717, 1.165) is 141 Å². The fourth-order valence-corrected chi connectivity index (χ4v) is 11.9. The van der Waals surface area contributed by atoms with Crippen molar-refractivity contribution in [2.24, 2.45) is 0 Å². The van der Waals surface area contributed by atoms with E-state index in [-0.39, 0.29) is 25.7 Å². The minimum atomic E-state index is -4.98. The fourth-order valence-electron chi connectivity index (χ4n) is 10.4. The SMILES string of the molecule is CC/C=C\C/C=C\C/C=C\C/C=C\C/C=C\CCCCCC(=O)OCC(COP(=O)(O)OCC(O)COP(=O)(O)OCC(COC(=O)CCCC/C=C\C/C=C\C/C=C\C/C=C\CC)OC(=O)CCCCCCCCCCCCCCC)OC(=O)CCCCCCCCCCCCCCC. The average Bonchev–Trinajstić information content (AvgIpc) is 0.935. The van der Waals surface area contributed by atoms with Crippen LogP contribution in [0.15, 0.2) is 109 Å². The Morgan fingerprint density at radius 2 is 0.520 bits per heavy atom. The Hall–Kier alpha value is -4.28. The minimum Gasteiger partial charge on any atom is -0.462 e. The van der Waals surface area contributed by atoms with Crippen molar-refractivity contribution in [1.29, 1.82) is 0 Å². The van der Waals surface area contributed by atoms with E-state index in [0.29, 0.717) is 25.7 Å². The summed E-state index contributed by atoms with van der Waals surface area (Å²) in [4.78, 5) is 72.9. The lowest BCUT2D eigenvalue weighted by atomic mass is 10.0. The molecule has 0 aromatic carbocycles. The number of phosphoric acid groups is 2. The summed E-state index contributed by atoms with van der Waals surface area (Å²) in [6, 6.07) is 0. The Morgan fingerprint density at radius 1 is 0.290 bits per heavy atom. The molecule has 19 heteroatoms. The van der Waals surface area contributed by atoms with Crippen molar-refractivity contribution in [3.8, 4) is 0 Å². The first-order valence-corrected chi connectivity index (χ1v) is 42.1. The molecular weight excluding hydrogens is 1310 g/mol. The van der Waals surface area contributed by atoms with Crippen LogP contribution in [0.4, 0.5) is 0 Å². The molecule has 3 N–H and O–H groups in total. The molecule has 0 bridgehead atoms. The van der Waals surface area contributed by atoms with E-state index < -0.39 is 97.5 Å². The van der Waals surface area contributed by atoms with Gasteiger partial charge in [0.25, 0.3) is 0 Å². The van der Waals surface area contributed by atoms with Crippen LogP contribution in [0.5, 0.6) is 0 Å². The molecule has 0 radical (unpaired) electrons. The van der Waals surface area contributed by atoms with Crippen molar-refractivity contribution >= 4 is 39.5 Å². The molecule has 100 heavy (non-hydrogen) atoms. The second kappa shape index (κ2) is 73.0. The molecule has 0 saturated heterocycles. The number of aliphatic hydroxyl groups excluding tert-OH is 1. The van der Waals surface area contributed by atoms with Gasteiger partial charge >= 0.3 is 39.5 Å². The molecule has 5 unspecified atom stereocenters. The molecule has 0 amide bonds. The molecule has 5 atom stereocenters. The molecule has 0 spiro atoms. The Bertz CT molecular complexity index is 2320. The summed E-state index contributed by atoms with van der Waals surface area (Å²) in [7, 11) is -9.96. The largest absolute Gasteiger partial charge is 0.472 e. The highest BCUT2D eigenvalue weighted by molar-refractivity contribution is 7.47. The number of allylic oxidation sites excluding steroid dienone is 18. The zero-order valence-corrected chi connectivity index (χ0v) is 64.6. The first-order valence-electron chi connectivity index (χ1n) is 39.1. The van der Waals surface area contributed by atoms with Gasteiger partial charge in [0.15, 0.2) is 12.2 Å². The van der Waals surface area contributed by atoms with E-state index in [9.17, 15) is 43.2 Å². The first kappa shape index (κ1) is 95.7. The normalized spacial score (nSPS) is 14.5. The highest BCUT2D eigenvalue weighted by Crippen LogP contribution is 2.45. The molecule has 576 valence electrons. The average molecular weight is 1450 g/mol. The predicted molar refractivity (Wildman–Crippen MR) is 408 cm³/mol. The molecule has 0 aliphatic heterocycles. The second-order valence-corrected chi connectivity index (χ2v) is 28.8. The number of aliphatic hydroxyl groups is 1. The number of carbonyl (C=O) groups excluding carboxylic acids is 4. The van der Waals surface area contributed by atoms with Gasteiger partial charge in [0, 0.05) is 25.7 Å². The predicted octanol–water partition coefficient (Wildman–Crippen LogP) is 22.6. The number of esters is 4.